The SMILES string of the molecule is CCc1cccc(NC(=O)OCc2ccccc2)c1O. The van der Waals surface area contributed by atoms with Gasteiger partial charge in [-0.25, -0.2) is 4.79 Å². The maximum atomic E-state index is 11.7. The minimum absolute atomic E-state index is 0.0895. The number of benzene rings is 2. The molecule has 0 unspecified atom stereocenters. The number of rotatable bonds is 4. The van der Waals surface area contributed by atoms with E-state index < -0.39 is 6.09 Å². The van der Waals surface area contributed by atoms with E-state index in [9.17, 15) is 9.90 Å². The Labute approximate surface area is 118 Å². The summed E-state index contributed by atoms with van der Waals surface area (Å²) in [6.45, 7) is 2.13. The second kappa shape index (κ2) is 6.61. The van der Waals surface area contributed by atoms with E-state index in [2.05, 4.69) is 5.32 Å². The third kappa shape index (κ3) is 3.51. The van der Waals surface area contributed by atoms with Crippen molar-refractivity contribution in [3.63, 3.8) is 0 Å². The fraction of sp³-hybridized carbons (Fsp3) is 0.188. The first kappa shape index (κ1) is 13.9. The highest BCUT2D eigenvalue weighted by Crippen LogP contribution is 2.27. The Morgan fingerprint density at radius 2 is 1.90 bits per heavy atom. The minimum Gasteiger partial charge on any atom is -0.505 e. The number of hydrogen-bond donors (Lipinski definition) is 2. The Morgan fingerprint density at radius 1 is 1.15 bits per heavy atom. The van der Waals surface area contributed by atoms with E-state index >= 15 is 0 Å². The van der Waals surface area contributed by atoms with Crippen LogP contribution in [0.5, 0.6) is 5.75 Å². The van der Waals surface area contributed by atoms with Crippen molar-refractivity contribution in [1.82, 2.24) is 0 Å². The number of ether oxygens (including phenoxy) is 1. The van der Waals surface area contributed by atoms with Crippen LogP contribution in [0.15, 0.2) is 48.5 Å². The molecule has 2 N–H and O–H groups in total. The van der Waals surface area contributed by atoms with Gasteiger partial charge in [-0.05, 0) is 23.6 Å². The molecule has 2 aromatic rings. The maximum absolute atomic E-state index is 11.7. The molecule has 104 valence electrons. The largest absolute Gasteiger partial charge is 0.505 e. The fourth-order valence-electron chi connectivity index (χ4n) is 1.85. The lowest BCUT2D eigenvalue weighted by molar-refractivity contribution is 0.155. The number of aromatic hydroxyl groups is 1. The molecule has 1 amide bonds. The average Bonchev–Trinajstić information content (AvgIpc) is 2.48. The number of phenols is 1. The van der Waals surface area contributed by atoms with E-state index in [1.165, 1.54) is 0 Å². The Bertz CT molecular complexity index is 582. The zero-order chi connectivity index (χ0) is 14.4. The summed E-state index contributed by atoms with van der Waals surface area (Å²) in [5.74, 6) is 0.0895. The summed E-state index contributed by atoms with van der Waals surface area (Å²) in [5, 5.41) is 12.5. The van der Waals surface area contributed by atoms with Gasteiger partial charge in [0.25, 0.3) is 0 Å². The van der Waals surface area contributed by atoms with Gasteiger partial charge in [-0.2, -0.15) is 0 Å². The van der Waals surface area contributed by atoms with Crippen molar-refractivity contribution in [3.05, 3.63) is 59.7 Å². The number of amides is 1. The van der Waals surface area contributed by atoms with Gasteiger partial charge in [-0.15, -0.1) is 0 Å². The van der Waals surface area contributed by atoms with Gasteiger partial charge in [0.2, 0.25) is 0 Å². The molecule has 20 heavy (non-hydrogen) atoms. The molecule has 4 heteroatoms. The van der Waals surface area contributed by atoms with Crippen molar-refractivity contribution in [3.8, 4) is 5.75 Å². The second-order valence-electron chi connectivity index (χ2n) is 4.35. The van der Waals surface area contributed by atoms with E-state index in [-0.39, 0.29) is 12.4 Å². The highest BCUT2D eigenvalue weighted by Gasteiger charge is 2.09. The zero-order valence-electron chi connectivity index (χ0n) is 11.3. The molecule has 0 spiro atoms. The van der Waals surface area contributed by atoms with Crippen LogP contribution in [0.2, 0.25) is 0 Å². The molecule has 0 atom stereocenters. The normalized spacial score (nSPS) is 10.1. The highest BCUT2D eigenvalue weighted by molar-refractivity contribution is 5.87. The van der Waals surface area contributed by atoms with Gasteiger partial charge in [0, 0.05) is 0 Å². The number of carbonyl (C=O) groups is 1. The first-order valence-electron chi connectivity index (χ1n) is 6.49. The van der Waals surface area contributed by atoms with Crippen molar-refractivity contribution in [2.24, 2.45) is 0 Å². The standard InChI is InChI=1S/C16H17NO3/c1-2-13-9-6-10-14(15(13)18)17-16(19)20-11-12-7-4-3-5-8-12/h3-10,18H,2,11H2,1H3,(H,17,19). The van der Waals surface area contributed by atoms with Crippen molar-refractivity contribution in [2.45, 2.75) is 20.0 Å². The number of carbonyl (C=O) groups excluding carboxylic acids is 1. The van der Waals surface area contributed by atoms with Gasteiger partial charge < -0.3 is 9.84 Å². The fourth-order valence-corrected chi connectivity index (χ4v) is 1.85. The molecule has 0 saturated carbocycles. The number of anilines is 1. The monoisotopic (exact) mass is 271 g/mol. The molecule has 2 aromatic carbocycles. The van der Waals surface area contributed by atoms with Gasteiger partial charge in [0.15, 0.2) is 0 Å². The van der Waals surface area contributed by atoms with E-state index in [0.29, 0.717) is 12.1 Å². The Morgan fingerprint density at radius 3 is 2.60 bits per heavy atom. The number of aryl methyl sites for hydroxylation is 1. The summed E-state index contributed by atoms with van der Waals surface area (Å²) in [4.78, 5) is 11.7. The van der Waals surface area contributed by atoms with Crippen LogP contribution in [0.3, 0.4) is 0 Å². The molecule has 4 nitrogen and oxygen atoms in total. The Kier molecular flexibility index (Phi) is 4.60. The van der Waals surface area contributed by atoms with Crippen LogP contribution in [0.1, 0.15) is 18.1 Å². The molecule has 0 aromatic heterocycles. The van der Waals surface area contributed by atoms with Gasteiger partial charge in [0.05, 0.1) is 5.69 Å². The summed E-state index contributed by atoms with van der Waals surface area (Å²) < 4.78 is 5.10. The van der Waals surface area contributed by atoms with Gasteiger partial charge >= 0.3 is 6.09 Å². The molecule has 0 radical (unpaired) electrons. The molecular formula is C16H17NO3. The topological polar surface area (TPSA) is 58.6 Å². The lowest BCUT2D eigenvalue weighted by atomic mass is 10.1. The summed E-state index contributed by atoms with van der Waals surface area (Å²) in [6.07, 6.45) is 0.109. The van der Waals surface area contributed by atoms with Crippen LogP contribution in [0.25, 0.3) is 0 Å². The quantitative estimate of drug-likeness (QED) is 0.833. The predicted octanol–water partition coefficient (Wildman–Crippen LogP) is 3.70. The predicted molar refractivity (Wildman–Crippen MR) is 77.7 cm³/mol. The van der Waals surface area contributed by atoms with Crippen LogP contribution >= 0.6 is 0 Å². The molecule has 0 aliphatic rings. The number of nitrogens with one attached hydrogen (secondary N) is 1. The molecule has 0 fully saturated rings. The zero-order valence-corrected chi connectivity index (χ0v) is 11.3. The van der Waals surface area contributed by atoms with Crippen molar-refractivity contribution < 1.29 is 14.6 Å². The van der Waals surface area contributed by atoms with Gasteiger partial charge in [0.1, 0.15) is 12.4 Å². The Hall–Kier alpha value is -2.49. The first-order valence-corrected chi connectivity index (χ1v) is 6.49. The third-order valence-electron chi connectivity index (χ3n) is 2.95. The van der Waals surface area contributed by atoms with E-state index in [1.807, 2.05) is 43.3 Å². The van der Waals surface area contributed by atoms with Crippen LogP contribution in [-0.4, -0.2) is 11.2 Å². The summed E-state index contributed by atoms with van der Waals surface area (Å²) in [7, 11) is 0. The number of phenolic OH excluding ortho intramolecular Hbond substituents is 1. The van der Waals surface area contributed by atoms with Crippen LogP contribution < -0.4 is 5.32 Å². The van der Waals surface area contributed by atoms with E-state index in [0.717, 1.165) is 11.1 Å². The Balaban J connectivity index is 1.95. The molecular weight excluding hydrogens is 254 g/mol. The lowest BCUT2D eigenvalue weighted by Crippen LogP contribution is -2.13. The van der Waals surface area contributed by atoms with Crippen LogP contribution in [-0.2, 0) is 17.8 Å². The minimum atomic E-state index is -0.586. The molecule has 0 heterocycles. The highest BCUT2D eigenvalue weighted by atomic mass is 16.5. The van der Waals surface area contributed by atoms with Crippen molar-refractivity contribution >= 4 is 11.8 Å². The summed E-state index contributed by atoms with van der Waals surface area (Å²) >= 11 is 0. The molecule has 0 aliphatic heterocycles. The second-order valence-corrected chi connectivity index (χ2v) is 4.35. The summed E-state index contributed by atoms with van der Waals surface area (Å²) in [5.41, 5.74) is 2.06. The maximum Gasteiger partial charge on any atom is 0.412 e. The molecule has 0 saturated heterocycles. The molecule has 0 aliphatic carbocycles. The van der Waals surface area contributed by atoms with Gasteiger partial charge in [-0.1, -0.05) is 49.4 Å². The first-order chi connectivity index (χ1) is 9.70. The molecule has 2 rings (SSSR count). The third-order valence-corrected chi connectivity index (χ3v) is 2.95. The number of para-hydroxylation sites is 1. The van der Waals surface area contributed by atoms with Gasteiger partial charge in [-0.3, -0.25) is 5.32 Å². The summed E-state index contributed by atoms with van der Waals surface area (Å²) in [6, 6.07) is 14.7. The van der Waals surface area contributed by atoms with Crippen LogP contribution in [0, 0.1) is 0 Å². The lowest BCUT2D eigenvalue weighted by Gasteiger charge is -2.10. The average molecular weight is 271 g/mol. The van der Waals surface area contributed by atoms with E-state index in [4.69, 9.17) is 4.74 Å². The van der Waals surface area contributed by atoms with Crippen molar-refractivity contribution in [2.75, 3.05) is 5.32 Å². The van der Waals surface area contributed by atoms with Crippen molar-refractivity contribution in [1.29, 1.82) is 0 Å². The smallest absolute Gasteiger partial charge is 0.412 e. The van der Waals surface area contributed by atoms with Crippen LogP contribution in [0.4, 0.5) is 10.5 Å². The molecule has 0 bridgehead atoms. The van der Waals surface area contributed by atoms with E-state index in [1.54, 1.807) is 12.1 Å². The number of hydrogen-bond acceptors (Lipinski definition) is 3.